The maximum atomic E-state index is 12.2. The molecule has 1 unspecified atom stereocenters. The molecule has 4 aromatic rings. The zero-order valence-corrected chi connectivity index (χ0v) is 20.6. The van der Waals surface area contributed by atoms with E-state index < -0.39 is 5.60 Å². The average Bonchev–Trinajstić information content (AvgIpc) is 3.28. The monoisotopic (exact) mass is 517 g/mol. The van der Waals surface area contributed by atoms with Crippen LogP contribution in [0.5, 0.6) is 0 Å². The Morgan fingerprint density at radius 2 is 1.74 bits per heavy atom. The van der Waals surface area contributed by atoms with E-state index in [9.17, 15) is 5.11 Å². The van der Waals surface area contributed by atoms with Crippen molar-refractivity contribution in [3.05, 3.63) is 86.2 Å². The van der Waals surface area contributed by atoms with Crippen LogP contribution in [0.25, 0.3) is 10.9 Å². The third kappa shape index (κ3) is 4.17. The molecule has 0 aliphatic carbocycles. The predicted molar refractivity (Wildman–Crippen MR) is 132 cm³/mol. The molecule has 1 N–H and O–H groups in total. The van der Waals surface area contributed by atoms with Gasteiger partial charge in [0.05, 0.1) is 35.6 Å². The summed E-state index contributed by atoms with van der Waals surface area (Å²) in [6.45, 7) is 3.52. The number of benzene rings is 2. The fourth-order valence-electron chi connectivity index (χ4n) is 4.35. The highest BCUT2D eigenvalue weighted by Gasteiger charge is 2.37. The van der Waals surface area contributed by atoms with Crippen LogP contribution >= 0.6 is 34.8 Å². The number of pyridine rings is 1. The first-order valence-corrected chi connectivity index (χ1v) is 11.9. The first-order chi connectivity index (χ1) is 16.4. The van der Waals surface area contributed by atoms with Gasteiger partial charge in [0, 0.05) is 42.7 Å². The Bertz CT molecular complexity index is 1340. The largest absolute Gasteiger partial charge is 0.379 e. The molecule has 10 heteroatoms. The summed E-state index contributed by atoms with van der Waals surface area (Å²) in [5.74, 6) is 0. The maximum absolute atomic E-state index is 12.2. The minimum absolute atomic E-state index is 0.375. The topological polar surface area (TPSA) is 76.3 Å². The van der Waals surface area contributed by atoms with Gasteiger partial charge in [0.1, 0.15) is 5.15 Å². The van der Waals surface area contributed by atoms with Crippen LogP contribution in [0.4, 0.5) is 0 Å². The number of morpholine rings is 1. The van der Waals surface area contributed by atoms with E-state index in [4.69, 9.17) is 39.5 Å². The molecule has 176 valence electrons. The Morgan fingerprint density at radius 1 is 1.03 bits per heavy atom. The first kappa shape index (κ1) is 23.5. The summed E-state index contributed by atoms with van der Waals surface area (Å²) >= 11 is 19.5. The van der Waals surface area contributed by atoms with Gasteiger partial charge in [-0.15, -0.1) is 5.10 Å². The molecule has 0 spiro atoms. The Balaban J connectivity index is 1.66. The minimum Gasteiger partial charge on any atom is -0.379 e. The van der Waals surface area contributed by atoms with Crippen molar-refractivity contribution in [2.24, 2.45) is 7.05 Å². The van der Waals surface area contributed by atoms with Crippen molar-refractivity contribution in [1.29, 1.82) is 0 Å². The summed E-state index contributed by atoms with van der Waals surface area (Å²) in [5.41, 5.74) is 1.56. The predicted octanol–water partition coefficient (Wildman–Crippen LogP) is 4.44. The zero-order valence-electron chi connectivity index (χ0n) is 18.4. The number of hydrogen-bond donors (Lipinski definition) is 1. The lowest BCUT2D eigenvalue weighted by Crippen LogP contribution is -2.35. The van der Waals surface area contributed by atoms with Gasteiger partial charge in [-0.05, 0) is 35.4 Å². The Kier molecular flexibility index (Phi) is 6.50. The maximum Gasteiger partial charge on any atom is 0.158 e. The van der Waals surface area contributed by atoms with Crippen LogP contribution < -0.4 is 0 Å². The third-order valence-electron chi connectivity index (χ3n) is 6.22. The van der Waals surface area contributed by atoms with E-state index in [2.05, 4.69) is 20.2 Å². The van der Waals surface area contributed by atoms with Crippen molar-refractivity contribution in [2.45, 2.75) is 12.1 Å². The summed E-state index contributed by atoms with van der Waals surface area (Å²) in [6, 6.07) is 12.5. The smallest absolute Gasteiger partial charge is 0.158 e. The molecule has 1 fully saturated rings. The van der Waals surface area contributed by atoms with E-state index >= 15 is 0 Å². The number of fused-ring (bicyclic) bond motifs is 1. The minimum atomic E-state index is -1.55. The van der Waals surface area contributed by atoms with E-state index in [0.717, 1.165) is 18.7 Å². The van der Waals surface area contributed by atoms with E-state index in [-0.39, 0.29) is 0 Å². The van der Waals surface area contributed by atoms with Gasteiger partial charge in [0.25, 0.3) is 0 Å². The lowest BCUT2D eigenvalue weighted by Gasteiger charge is -2.30. The van der Waals surface area contributed by atoms with E-state index in [1.54, 1.807) is 42.2 Å². The lowest BCUT2D eigenvalue weighted by molar-refractivity contribution is 0.0342. The number of nitrogens with zero attached hydrogens (tertiary/aromatic N) is 5. The standard InChI is InChI=1S/C24H22Cl3N5O2/c1-31-21(13-28-30-31)24(33,15-2-5-17(25)6-3-15)16-4-7-20-18(12-16)22(26)19(23(27)29-20)14-32-8-10-34-11-9-32/h2-7,12-13,33H,8-11,14H2,1H3. The second kappa shape index (κ2) is 9.41. The van der Waals surface area contributed by atoms with Gasteiger partial charge in [-0.2, -0.15) is 0 Å². The second-order valence-electron chi connectivity index (χ2n) is 8.28. The van der Waals surface area contributed by atoms with Gasteiger partial charge in [-0.3, -0.25) is 4.90 Å². The van der Waals surface area contributed by atoms with Crippen LogP contribution in [0.3, 0.4) is 0 Å². The highest BCUT2D eigenvalue weighted by atomic mass is 35.5. The molecule has 1 aliphatic rings. The number of aromatic nitrogens is 4. The summed E-state index contributed by atoms with van der Waals surface area (Å²) < 4.78 is 6.99. The van der Waals surface area contributed by atoms with Crippen molar-refractivity contribution in [2.75, 3.05) is 26.3 Å². The SMILES string of the molecule is Cn1nncc1C(O)(c1ccc(Cl)cc1)c1ccc2nc(Cl)c(CN3CCOCC3)c(Cl)c2c1. The van der Waals surface area contributed by atoms with Gasteiger partial charge < -0.3 is 9.84 Å². The molecule has 1 atom stereocenters. The van der Waals surface area contributed by atoms with E-state index in [0.29, 0.717) is 62.7 Å². The Labute approximate surface area is 211 Å². The fourth-order valence-corrected chi connectivity index (χ4v) is 5.07. The molecular formula is C24H22Cl3N5O2. The lowest BCUT2D eigenvalue weighted by atomic mass is 9.83. The number of aliphatic hydroxyl groups is 1. The summed E-state index contributed by atoms with van der Waals surface area (Å²) in [4.78, 5) is 6.82. The van der Waals surface area contributed by atoms with Gasteiger partial charge in [0.15, 0.2) is 5.60 Å². The molecule has 0 radical (unpaired) electrons. The van der Waals surface area contributed by atoms with Crippen molar-refractivity contribution in [3.8, 4) is 0 Å². The molecule has 7 nitrogen and oxygen atoms in total. The van der Waals surface area contributed by atoms with Crippen molar-refractivity contribution in [1.82, 2.24) is 24.9 Å². The van der Waals surface area contributed by atoms with Gasteiger partial charge in [-0.25, -0.2) is 9.67 Å². The molecule has 3 heterocycles. The van der Waals surface area contributed by atoms with Crippen LogP contribution in [-0.4, -0.2) is 56.3 Å². The normalized spacial score (nSPS) is 16.6. The second-order valence-corrected chi connectivity index (χ2v) is 9.45. The van der Waals surface area contributed by atoms with E-state index in [1.165, 1.54) is 0 Å². The summed E-state index contributed by atoms with van der Waals surface area (Å²) in [6.07, 6.45) is 1.55. The van der Waals surface area contributed by atoms with Crippen molar-refractivity contribution in [3.63, 3.8) is 0 Å². The molecule has 0 bridgehead atoms. The number of ether oxygens (including phenoxy) is 1. The Hall–Kier alpha value is -2.26. The molecule has 2 aromatic carbocycles. The van der Waals surface area contributed by atoms with Crippen LogP contribution in [-0.2, 0) is 23.9 Å². The molecule has 2 aromatic heterocycles. The molecule has 34 heavy (non-hydrogen) atoms. The van der Waals surface area contributed by atoms with Crippen LogP contribution in [0.1, 0.15) is 22.4 Å². The van der Waals surface area contributed by atoms with Crippen molar-refractivity contribution < 1.29 is 9.84 Å². The van der Waals surface area contributed by atoms with Crippen LogP contribution in [0.15, 0.2) is 48.7 Å². The highest BCUT2D eigenvalue weighted by molar-refractivity contribution is 6.39. The zero-order chi connectivity index (χ0) is 23.9. The molecular weight excluding hydrogens is 497 g/mol. The van der Waals surface area contributed by atoms with Gasteiger partial charge in [0.2, 0.25) is 0 Å². The number of rotatable bonds is 5. The highest BCUT2D eigenvalue weighted by Crippen LogP contribution is 2.40. The number of hydrogen-bond acceptors (Lipinski definition) is 6. The molecule has 1 aliphatic heterocycles. The van der Waals surface area contributed by atoms with Gasteiger partial charge >= 0.3 is 0 Å². The molecule has 5 rings (SSSR count). The molecule has 0 saturated carbocycles. The fraction of sp³-hybridized carbons (Fsp3) is 0.292. The summed E-state index contributed by atoms with van der Waals surface area (Å²) in [5, 5.41) is 22.3. The average molecular weight is 519 g/mol. The number of aryl methyl sites for hydroxylation is 1. The number of halogens is 3. The summed E-state index contributed by atoms with van der Waals surface area (Å²) in [7, 11) is 1.74. The Morgan fingerprint density at radius 3 is 2.41 bits per heavy atom. The quantitative estimate of drug-likeness (QED) is 0.394. The first-order valence-electron chi connectivity index (χ1n) is 10.8. The van der Waals surface area contributed by atoms with Crippen LogP contribution in [0.2, 0.25) is 15.2 Å². The molecule has 1 saturated heterocycles. The molecule has 0 amide bonds. The van der Waals surface area contributed by atoms with E-state index in [1.807, 2.05) is 18.2 Å². The third-order valence-corrected chi connectivity index (χ3v) is 7.21. The van der Waals surface area contributed by atoms with Gasteiger partial charge in [-0.1, -0.05) is 58.2 Å². The van der Waals surface area contributed by atoms with Crippen molar-refractivity contribution >= 4 is 45.7 Å². The van der Waals surface area contributed by atoms with Crippen LogP contribution in [0, 0.1) is 0 Å².